The Morgan fingerprint density at radius 1 is 1.19 bits per heavy atom. The molecule has 5 rings (SSSR count). The molecule has 0 saturated heterocycles. The molecule has 0 unspecified atom stereocenters. The van der Waals surface area contributed by atoms with Gasteiger partial charge >= 0.3 is 12.4 Å². The molecule has 18 heteroatoms. The molecule has 0 fully saturated rings. The zero-order chi connectivity index (χ0) is 31.4. The predicted octanol–water partition coefficient (Wildman–Crippen LogP) is 3.17. The molecule has 1 spiro atoms. The van der Waals surface area contributed by atoms with Gasteiger partial charge in [0.15, 0.2) is 28.1 Å². The van der Waals surface area contributed by atoms with Gasteiger partial charge in [-0.15, -0.1) is 0 Å². The Kier molecular flexibility index (Phi) is 7.30. The third-order valence-corrected chi connectivity index (χ3v) is 7.39. The predicted molar refractivity (Wildman–Crippen MR) is 136 cm³/mol. The summed E-state index contributed by atoms with van der Waals surface area (Å²) in [5, 5.41) is 9.53. The first kappa shape index (κ1) is 30.1. The number of carbonyl (C=O) groups excluding carboxylic acids is 2. The van der Waals surface area contributed by atoms with E-state index >= 15 is 0 Å². The van der Waals surface area contributed by atoms with Gasteiger partial charge < -0.3 is 20.1 Å². The molecule has 1 aromatic carbocycles. The quantitative estimate of drug-likeness (QED) is 0.395. The summed E-state index contributed by atoms with van der Waals surface area (Å²) in [6.45, 7) is -1.48. The number of sulfone groups is 1. The molecule has 11 nitrogen and oxygen atoms in total. The zero-order valence-corrected chi connectivity index (χ0v) is 22.8. The Morgan fingerprint density at radius 3 is 2.56 bits per heavy atom. The molecular weight excluding hydrogens is 612 g/mol. The molecule has 0 aliphatic carbocycles. The number of rotatable bonds is 6. The molecule has 2 aromatic heterocycles. The van der Waals surface area contributed by atoms with Gasteiger partial charge in [0.1, 0.15) is 22.8 Å². The minimum absolute atomic E-state index is 0.0320. The molecule has 2 aliphatic rings. The van der Waals surface area contributed by atoms with Gasteiger partial charge in [0, 0.05) is 36.9 Å². The number of halogens is 6. The standard InChI is InChI=1S/C25H21F6N5O6S/c1-43(39,40)11-19(37)33-21-20-16(35-36(21)18-5-2-13(10-32-18)25(29,30)31)9-23(34-22(20)38)6-7-41-17-8-14(3-4-15(17)23)42-12-24(26,27)28/h2-5,8,10H,6-7,9,11-12H2,1H3,(H,33,37)(H,34,38)/t23-/m0/s1. The van der Waals surface area contributed by atoms with Crippen LogP contribution in [0.2, 0.25) is 0 Å². The minimum Gasteiger partial charge on any atom is -0.493 e. The number of carbonyl (C=O) groups is 2. The Balaban J connectivity index is 1.55. The Hall–Kier alpha value is -4.35. The van der Waals surface area contributed by atoms with E-state index in [-0.39, 0.29) is 53.8 Å². The number of hydrogen-bond acceptors (Lipinski definition) is 8. The van der Waals surface area contributed by atoms with Gasteiger partial charge in [-0.25, -0.2) is 13.4 Å². The second-order valence-electron chi connectivity index (χ2n) is 9.98. The van der Waals surface area contributed by atoms with Gasteiger partial charge in [-0.05, 0) is 24.3 Å². The maximum Gasteiger partial charge on any atom is 0.422 e. The maximum absolute atomic E-state index is 13.6. The summed E-state index contributed by atoms with van der Waals surface area (Å²) < 4.78 is 112. The number of hydrogen-bond donors (Lipinski definition) is 2. The van der Waals surface area contributed by atoms with Crippen LogP contribution in [0.3, 0.4) is 0 Å². The van der Waals surface area contributed by atoms with E-state index < -0.39 is 57.5 Å². The summed E-state index contributed by atoms with van der Waals surface area (Å²) in [6.07, 6.45) is -7.74. The number of amides is 2. The van der Waals surface area contributed by atoms with Gasteiger partial charge in [-0.2, -0.15) is 36.1 Å². The summed E-state index contributed by atoms with van der Waals surface area (Å²) in [6, 6.07) is 5.66. The lowest BCUT2D eigenvalue weighted by molar-refractivity contribution is -0.153. The van der Waals surface area contributed by atoms with Gasteiger partial charge in [-0.3, -0.25) is 9.59 Å². The third kappa shape index (κ3) is 6.37. The number of nitrogens with zero attached hydrogens (tertiary/aromatic N) is 3. The zero-order valence-electron chi connectivity index (χ0n) is 22.0. The Labute approximate surface area is 239 Å². The smallest absolute Gasteiger partial charge is 0.422 e. The number of nitrogens with one attached hydrogen (secondary N) is 2. The van der Waals surface area contributed by atoms with Crippen LogP contribution >= 0.6 is 0 Å². The Morgan fingerprint density at radius 2 is 1.93 bits per heavy atom. The molecule has 0 saturated carbocycles. The van der Waals surface area contributed by atoms with Crippen molar-refractivity contribution in [1.29, 1.82) is 0 Å². The molecule has 0 bridgehead atoms. The van der Waals surface area contributed by atoms with Crippen LogP contribution in [0.5, 0.6) is 11.5 Å². The second-order valence-corrected chi connectivity index (χ2v) is 12.1. The van der Waals surface area contributed by atoms with Crippen molar-refractivity contribution in [3.8, 4) is 17.3 Å². The lowest BCUT2D eigenvalue weighted by atomic mass is 9.77. The number of benzene rings is 1. The summed E-state index contributed by atoms with van der Waals surface area (Å²) >= 11 is 0. The van der Waals surface area contributed by atoms with E-state index in [4.69, 9.17) is 9.47 Å². The highest BCUT2D eigenvalue weighted by Crippen LogP contribution is 2.44. The van der Waals surface area contributed by atoms with E-state index in [1.165, 1.54) is 18.2 Å². The summed E-state index contributed by atoms with van der Waals surface area (Å²) in [4.78, 5) is 29.9. The summed E-state index contributed by atoms with van der Waals surface area (Å²) in [7, 11) is -3.80. The fourth-order valence-electron chi connectivity index (χ4n) is 4.86. The number of pyridine rings is 1. The van der Waals surface area contributed by atoms with Crippen LogP contribution in [-0.2, 0) is 32.8 Å². The van der Waals surface area contributed by atoms with Crippen LogP contribution in [0.4, 0.5) is 32.2 Å². The number of ether oxygens (including phenoxy) is 2. The molecule has 43 heavy (non-hydrogen) atoms. The minimum atomic E-state index is -4.69. The largest absolute Gasteiger partial charge is 0.493 e. The first-order chi connectivity index (χ1) is 19.9. The van der Waals surface area contributed by atoms with Crippen molar-refractivity contribution in [1.82, 2.24) is 20.1 Å². The number of aromatic nitrogens is 3. The van der Waals surface area contributed by atoms with Gasteiger partial charge in [-0.1, -0.05) is 0 Å². The van der Waals surface area contributed by atoms with Crippen LogP contribution in [0.25, 0.3) is 5.82 Å². The first-order valence-corrected chi connectivity index (χ1v) is 14.4. The molecule has 0 radical (unpaired) electrons. The van der Waals surface area contributed by atoms with Gasteiger partial charge in [0.05, 0.1) is 23.4 Å². The average Bonchev–Trinajstić information content (AvgIpc) is 3.23. The third-order valence-electron chi connectivity index (χ3n) is 6.61. The van der Waals surface area contributed by atoms with Crippen LogP contribution < -0.4 is 20.1 Å². The van der Waals surface area contributed by atoms with Crippen molar-refractivity contribution >= 4 is 27.5 Å². The van der Waals surface area contributed by atoms with Crippen LogP contribution in [0.1, 0.15) is 33.6 Å². The van der Waals surface area contributed by atoms with Crippen LogP contribution in [0, 0.1) is 0 Å². The maximum atomic E-state index is 13.6. The SMILES string of the molecule is CS(=O)(=O)CC(=O)Nc1c2c(nn1-c1ccc(C(F)(F)F)cn1)C[C@]1(CCOc3cc(OCC(F)(F)F)ccc31)NC2=O. The fraction of sp³-hybridized carbons (Fsp3) is 0.360. The summed E-state index contributed by atoms with van der Waals surface area (Å²) in [5.74, 6) is -3.25. The molecule has 1 atom stereocenters. The molecule has 4 heterocycles. The highest BCUT2D eigenvalue weighted by molar-refractivity contribution is 7.91. The van der Waals surface area contributed by atoms with E-state index in [9.17, 15) is 44.3 Å². The normalized spacial score (nSPS) is 18.3. The van der Waals surface area contributed by atoms with Crippen molar-refractivity contribution in [3.05, 3.63) is 58.9 Å². The van der Waals surface area contributed by atoms with Crippen molar-refractivity contribution in [2.45, 2.75) is 30.7 Å². The molecule has 2 N–H and O–H groups in total. The number of alkyl halides is 6. The highest BCUT2D eigenvalue weighted by Gasteiger charge is 2.46. The van der Waals surface area contributed by atoms with E-state index in [1.807, 2.05) is 0 Å². The number of anilines is 1. The van der Waals surface area contributed by atoms with E-state index in [0.717, 1.165) is 23.1 Å². The first-order valence-electron chi connectivity index (χ1n) is 12.4. The van der Waals surface area contributed by atoms with E-state index in [2.05, 4.69) is 20.7 Å². The molecule has 2 aliphatic heterocycles. The fourth-order valence-corrected chi connectivity index (χ4v) is 5.41. The topological polar surface area (TPSA) is 142 Å². The van der Waals surface area contributed by atoms with E-state index in [1.54, 1.807) is 0 Å². The molecule has 3 aromatic rings. The van der Waals surface area contributed by atoms with Crippen molar-refractivity contribution in [3.63, 3.8) is 0 Å². The molecular formula is C25H21F6N5O6S. The lowest BCUT2D eigenvalue weighted by Gasteiger charge is -2.41. The monoisotopic (exact) mass is 633 g/mol. The van der Waals surface area contributed by atoms with E-state index in [0.29, 0.717) is 11.8 Å². The van der Waals surface area contributed by atoms with Crippen LogP contribution in [-0.4, -0.2) is 66.4 Å². The lowest BCUT2D eigenvalue weighted by Crippen LogP contribution is -2.53. The van der Waals surface area contributed by atoms with Crippen molar-refractivity contribution < 1.29 is 53.8 Å². The number of fused-ring (bicyclic) bond motifs is 3. The summed E-state index contributed by atoms with van der Waals surface area (Å²) in [5.41, 5.74) is -1.91. The van der Waals surface area contributed by atoms with Crippen molar-refractivity contribution in [2.75, 3.05) is 30.5 Å². The molecule has 230 valence electrons. The Bertz CT molecular complexity index is 1700. The van der Waals surface area contributed by atoms with Crippen molar-refractivity contribution in [2.24, 2.45) is 0 Å². The van der Waals surface area contributed by atoms with Crippen LogP contribution in [0.15, 0.2) is 36.5 Å². The highest BCUT2D eigenvalue weighted by atomic mass is 32.2. The average molecular weight is 634 g/mol. The van der Waals surface area contributed by atoms with Gasteiger partial charge in [0.2, 0.25) is 5.91 Å². The van der Waals surface area contributed by atoms with Gasteiger partial charge in [0.25, 0.3) is 5.91 Å². The molecule has 2 amide bonds. The second kappa shape index (κ2) is 10.4.